The quantitative estimate of drug-likeness (QED) is 0.795. The molecule has 0 atom stereocenters. The molecule has 2 rings (SSSR count). The molecule has 15 heavy (non-hydrogen) atoms. The van der Waals surface area contributed by atoms with E-state index in [0.29, 0.717) is 5.52 Å². The number of benzene rings is 1. The van der Waals surface area contributed by atoms with Gasteiger partial charge in [-0.2, -0.15) is 0 Å². The van der Waals surface area contributed by atoms with Crippen molar-refractivity contribution in [2.75, 3.05) is 0 Å². The van der Waals surface area contributed by atoms with Gasteiger partial charge < -0.3 is 10.1 Å². The van der Waals surface area contributed by atoms with Gasteiger partial charge in [-0.1, -0.05) is 6.92 Å². The number of aryl methyl sites for hydroxylation is 1. The van der Waals surface area contributed by atoms with Crippen LogP contribution in [-0.4, -0.2) is 16.1 Å². The van der Waals surface area contributed by atoms with Crippen molar-refractivity contribution in [3.05, 3.63) is 35.3 Å². The van der Waals surface area contributed by atoms with Gasteiger partial charge in [-0.25, -0.2) is 9.18 Å². The lowest BCUT2D eigenvalue weighted by molar-refractivity contribution is 0.0692. The number of rotatable bonds is 2. The summed E-state index contributed by atoms with van der Waals surface area (Å²) in [5, 5.41) is 9.55. The fraction of sp³-hybridized carbons (Fsp3) is 0.182. The normalized spacial score (nSPS) is 10.8. The summed E-state index contributed by atoms with van der Waals surface area (Å²) in [4.78, 5) is 13.6. The molecule has 4 heteroatoms. The van der Waals surface area contributed by atoms with Crippen LogP contribution in [0.25, 0.3) is 10.9 Å². The van der Waals surface area contributed by atoms with Crippen LogP contribution in [0.4, 0.5) is 4.39 Å². The number of carboxylic acids is 1. The van der Waals surface area contributed by atoms with Crippen molar-refractivity contribution >= 4 is 16.9 Å². The van der Waals surface area contributed by atoms with E-state index in [4.69, 9.17) is 5.11 Å². The van der Waals surface area contributed by atoms with Crippen molar-refractivity contribution in [3.8, 4) is 0 Å². The Kier molecular flexibility index (Phi) is 2.19. The van der Waals surface area contributed by atoms with E-state index in [0.717, 1.165) is 17.4 Å². The van der Waals surface area contributed by atoms with Gasteiger partial charge in [0.15, 0.2) is 0 Å². The fourth-order valence-corrected chi connectivity index (χ4v) is 1.66. The maximum atomic E-state index is 13.3. The summed E-state index contributed by atoms with van der Waals surface area (Å²) >= 11 is 0. The smallest absolute Gasteiger partial charge is 0.338 e. The van der Waals surface area contributed by atoms with E-state index in [1.165, 1.54) is 12.1 Å². The lowest BCUT2D eigenvalue weighted by atomic mass is 10.1. The van der Waals surface area contributed by atoms with E-state index >= 15 is 0 Å². The van der Waals surface area contributed by atoms with E-state index in [1.807, 2.05) is 6.92 Å². The summed E-state index contributed by atoms with van der Waals surface area (Å²) in [5.74, 6) is -1.95. The Morgan fingerprint density at radius 1 is 1.53 bits per heavy atom. The van der Waals surface area contributed by atoms with Crippen LogP contribution in [-0.2, 0) is 6.42 Å². The molecular weight excluding hydrogens is 197 g/mol. The summed E-state index contributed by atoms with van der Waals surface area (Å²) in [5.41, 5.74) is 1.35. The molecule has 0 amide bonds. The molecule has 0 saturated carbocycles. The molecule has 1 aromatic heterocycles. The van der Waals surface area contributed by atoms with E-state index in [1.54, 1.807) is 6.20 Å². The van der Waals surface area contributed by atoms with E-state index < -0.39 is 11.8 Å². The zero-order valence-corrected chi connectivity index (χ0v) is 8.17. The molecular formula is C11H10FNO2. The van der Waals surface area contributed by atoms with Gasteiger partial charge in [0.2, 0.25) is 0 Å². The molecule has 0 spiro atoms. The topological polar surface area (TPSA) is 53.1 Å². The highest BCUT2D eigenvalue weighted by Crippen LogP contribution is 2.22. The third-order valence-corrected chi connectivity index (χ3v) is 2.47. The van der Waals surface area contributed by atoms with Gasteiger partial charge >= 0.3 is 5.97 Å². The van der Waals surface area contributed by atoms with Crippen LogP contribution in [0.1, 0.15) is 22.8 Å². The largest absolute Gasteiger partial charge is 0.478 e. The molecule has 1 aromatic carbocycles. The number of aromatic carboxylic acids is 1. The third-order valence-electron chi connectivity index (χ3n) is 2.47. The molecule has 78 valence electrons. The molecule has 0 bridgehead atoms. The minimum Gasteiger partial charge on any atom is -0.478 e. The van der Waals surface area contributed by atoms with Crippen molar-refractivity contribution in [2.24, 2.45) is 0 Å². The first kappa shape index (κ1) is 9.71. The average Bonchev–Trinajstić information content (AvgIpc) is 2.58. The van der Waals surface area contributed by atoms with Crippen molar-refractivity contribution < 1.29 is 14.3 Å². The minimum atomic E-state index is -1.24. The monoisotopic (exact) mass is 207 g/mol. The lowest BCUT2D eigenvalue weighted by Crippen LogP contribution is -2.00. The average molecular weight is 207 g/mol. The van der Waals surface area contributed by atoms with Crippen molar-refractivity contribution in [3.63, 3.8) is 0 Å². The van der Waals surface area contributed by atoms with Crippen molar-refractivity contribution in [2.45, 2.75) is 13.3 Å². The minimum absolute atomic E-state index is 0.281. The molecule has 0 aliphatic carbocycles. The van der Waals surface area contributed by atoms with Gasteiger partial charge in [0.1, 0.15) is 5.82 Å². The van der Waals surface area contributed by atoms with Gasteiger partial charge in [-0.05, 0) is 24.1 Å². The number of fused-ring (bicyclic) bond motifs is 1. The number of halogens is 1. The van der Waals surface area contributed by atoms with Gasteiger partial charge in [-0.15, -0.1) is 0 Å². The van der Waals surface area contributed by atoms with Gasteiger partial charge in [0.05, 0.1) is 5.56 Å². The zero-order valence-electron chi connectivity index (χ0n) is 8.17. The van der Waals surface area contributed by atoms with Crippen LogP contribution in [0.2, 0.25) is 0 Å². The predicted octanol–water partition coefficient (Wildman–Crippen LogP) is 2.57. The second-order valence-corrected chi connectivity index (χ2v) is 3.35. The Labute approximate surface area is 85.5 Å². The number of nitrogens with one attached hydrogen (secondary N) is 1. The van der Waals surface area contributed by atoms with Crippen LogP contribution in [0, 0.1) is 5.82 Å². The fourth-order valence-electron chi connectivity index (χ4n) is 1.66. The number of carbonyl (C=O) groups is 1. The first-order valence-corrected chi connectivity index (χ1v) is 4.66. The second kappa shape index (κ2) is 3.38. The molecule has 2 N–H and O–H groups in total. The van der Waals surface area contributed by atoms with Crippen LogP contribution < -0.4 is 0 Å². The molecule has 1 heterocycles. The van der Waals surface area contributed by atoms with E-state index in [2.05, 4.69) is 4.98 Å². The highest BCUT2D eigenvalue weighted by atomic mass is 19.1. The Hall–Kier alpha value is -1.84. The number of aromatic amines is 1. The standard InChI is InChI=1S/C11H10FNO2/c1-2-6-5-13-10-4-9(12)8(11(14)15)3-7(6)10/h3-5,13H,2H2,1H3,(H,14,15). The molecule has 0 radical (unpaired) electrons. The Balaban J connectivity index is 2.75. The summed E-state index contributed by atoms with van der Waals surface area (Å²) in [6.45, 7) is 1.96. The van der Waals surface area contributed by atoms with Crippen LogP contribution in [0.15, 0.2) is 18.3 Å². The Morgan fingerprint density at radius 2 is 2.27 bits per heavy atom. The molecule has 0 unspecified atom stereocenters. The zero-order chi connectivity index (χ0) is 11.0. The number of H-pyrrole nitrogens is 1. The van der Waals surface area contributed by atoms with Crippen LogP contribution in [0.3, 0.4) is 0 Å². The predicted molar refractivity (Wildman–Crippen MR) is 54.6 cm³/mol. The molecule has 0 aliphatic heterocycles. The molecule has 0 saturated heterocycles. The van der Waals surface area contributed by atoms with Crippen LogP contribution >= 0.6 is 0 Å². The third kappa shape index (κ3) is 1.48. The van der Waals surface area contributed by atoms with Gasteiger partial charge in [0, 0.05) is 17.1 Å². The lowest BCUT2D eigenvalue weighted by Gasteiger charge is -1.99. The highest BCUT2D eigenvalue weighted by Gasteiger charge is 2.13. The Morgan fingerprint density at radius 3 is 2.87 bits per heavy atom. The Bertz CT molecular complexity index is 531. The van der Waals surface area contributed by atoms with E-state index in [9.17, 15) is 9.18 Å². The summed E-state index contributed by atoms with van der Waals surface area (Å²) in [6.07, 6.45) is 2.56. The molecule has 3 nitrogen and oxygen atoms in total. The van der Waals surface area contributed by atoms with Gasteiger partial charge in [-0.3, -0.25) is 0 Å². The molecule has 0 aliphatic rings. The number of aromatic nitrogens is 1. The first-order chi connectivity index (χ1) is 7.13. The maximum Gasteiger partial charge on any atom is 0.338 e. The SMILES string of the molecule is CCc1c[nH]c2cc(F)c(C(=O)O)cc12. The first-order valence-electron chi connectivity index (χ1n) is 4.66. The summed E-state index contributed by atoms with van der Waals surface area (Å²) in [6, 6.07) is 2.60. The molecule has 0 fully saturated rings. The van der Waals surface area contributed by atoms with E-state index in [-0.39, 0.29) is 5.56 Å². The maximum absolute atomic E-state index is 13.3. The number of hydrogen-bond donors (Lipinski definition) is 2. The second-order valence-electron chi connectivity index (χ2n) is 3.35. The van der Waals surface area contributed by atoms with Gasteiger partial charge in [0.25, 0.3) is 0 Å². The highest BCUT2D eigenvalue weighted by molar-refractivity contribution is 5.95. The van der Waals surface area contributed by atoms with Crippen molar-refractivity contribution in [1.29, 1.82) is 0 Å². The number of carboxylic acid groups (broad SMARTS) is 1. The van der Waals surface area contributed by atoms with Crippen molar-refractivity contribution in [1.82, 2.24) is 4.98 Å². The summed E-state index contributed by atoms with van der Waals surface area (Å²) in [7, 11) is 0. The van der Waals surface area contributed by atoms with Crippen LogP contribution in [0.5, 0.6) is 0 Å². The summed E-state index contributed by atoms with van der Waals surface area (Å²) < 4.78 is 13.3. The number of hydrogen-bond acceptors (Lipinski definition) is 1. The molecule has 2 aromatic rings.